The summed E-state index contributed by atoms with van der Waals surface area (Å²) in [6.07, 6.45) is 3.33. The first-order valence-corrected chi connectivity index (χ1v) is 9.74. The molecule has 0 saturated carbocycles. The van der Waals surface area contributed by atoms with Gasteiger partial charge in [0.1, 0.15) is 5.69 Å². The SMILES string of the molecule is CC(C)n1cc(C(=O)Nc2nc(-c3ccccn3)cs2)c2ccccc2c1=O. The minimum absolute atomic E-state index is 0.0562. The Hall–Kier alpha value is -3.32. The number of anilines is 1. The Balaban J connectivity index is 1.71. The first kappa shape index (κ1) is 18.1. The Labute approximate surface area is 165 Å². The number of fused-ring (bicyclic) bond motifs is 1. The van der Waals surface area contributed by atoms with Crippen LogP contribution in [0.4, 0.5) is 5.13 Å². The van der Waals surface area contributed by atoms with Gasteiger partial charge in [0.2, 0.25) is 0 Å². The molecule has 4 rings (SSSR count). The number of pyridine rings is 2. The van der Waals surface area contributed by atoms with E-state index in [0.29, 0.717) is 27.2 Å². The second kappa shape index (κ2) is 7.36. The molecule has 1 aromatic carbocycles. The lowest BCUT2D eigenvalue weighted by Gasteiger charge is -2.14. The molecular weight excluding hydrogens is 372 g/mol. The normalized spacial score (nSPS) is 11.1. The van der Waals surface area contributed by atoms with Gasteiger partial charge in [-0.2, -0.15) is 0 Å². The summed E-state index contributed by atoms with van der Waals surface area (Å²) in [6.45, 7) is 3.83. The minimum Gasteiger partial charge on any atom is -0.312 e. The number of nitrogens with one attached hydrogen (secondary N) is 1. The van der Waals surface area contributed by atoms with E-state index in [1.54, 1.807) is 35.2 Å². The summed E-state index contributed by atoms with van der Waals surface area (Å²) in [4.78, 5) is 34.4. The number of nitrogens with zero attached hydrogens (tertiary/aromatic N) is 3. The maximum Gasteiger partial charge on any atom is 0.259 e. The lowest BCUT2D eigenvalue weighted by molar-refractivity contribution is 0.102. The maximum atomic E-state index is 13.0. The summed E-state index contributed by atoms with van der Waals surface area (Å²) in [7, 11) is 0. The maximum absolute atomic E-state index is 13.0. The smallest absolute Gasteiger partial charge is 0.259 e. The molecule has 140 valence electrons. The zero-order valence-corrected chi connectivity index (χ0v) is 16.2. The van der Waals surface area contributed by atoms with Crippen molar-refractivity contribution in [1.82, 2.24) is 14.5 Å². The van der Waals surface area contributed by atoms with Crippen molar-refractivity contribution in [3.8, 4) is 11.4 Å². The van der Waals surface area contributed by atoms with E-state index in [-0.39, 0.29) is 17.5 Å². The molecule has 0 aliphatic carbocycles. The second-order valence-corrected chi connectivity index (χ2v) is 7.46. The third-order valence-electron chi connectivity index (χ3n) is 4.40. The number of amides is 1. The van der Waals surface area contributed by atoms with Gasteiger partial charge in [-0.25, -0.2) is 4.98 Å². The van der Waals surface area contributed by atoms with Gasteiger partial charge in [0.05, 0.1) is 11.3 Å². The van der Waals surface area contributed by atoms with Crippen LogP contribution in [0.3, 0.4) is 0 Å². The molecule has 0 aliphatic rings. The second-order valence-electron chi connectivity index (χ2n) is 6.60. The number of hydrogen-bond donors (Lipinski definition) is 1. The molecule has 28 heavy (non-hydrogen) atoms. The Morgan fingerprint density at radius 1 is 1.07 bits per heavy atom. The first-order valence-electron chi connectivity index (χ1n) is 8.87. The van der Waals surface area contributed by atoms with Gasteiger partial charge < -0.3 is 4.57 Å². The summed E-state index contributed by atoms with van der Waals surface area (Å²) in [6, 6.07) is 12.7. The summed E-state index contributed by atoms with van der Waals surface area (Å²) >= 11 is 1.33. The summed E-state index contributed by atoms with van der Waals surface area (Å²) in [5.41, 5.74) is 1.79. The minimum atomic E-state index is -0.299. The monoisotopic (exact) mass is 390 g/mol. The van der Waals surface area contributed by atoms with E-state index >= 15 is 0 Å². The summed E-state index contributed by atoms with van der Waals surface area (Å²) in [5.74, 6) is -0.299. The highest BCUT2D eigenvalue weighted by Gasteiger charge is 2.17. The zero-order valence-electron chi connectivity index (χ0n) is 15.4. The first-order chi connectivity index (χ1) is 13.5. The molecule has 4 aromatic rings. The molecule has 0 atom stereocenters. The van der Waals surface area contributed by atoms with Gasteiger partial charge in [-0.3, -0.25) is 19.9 Å². The van der Waals surface area contributed by atoms with Crippen molar-refractivity contribution in [3.05, 3.63) is 76.2 Å². The predicted molar refractivity (Wildman–Crippen MR) is 112 cm³/mol. The molecule has 3 heterocycles. The fraction of sp³-hybridized carbons (Fsp3) is 0.143. The number of thiazole rings is 1. The lowest BCUT2D eigenvalue weighted by atomic mass is 10.1. The van der Waals surface area contributed by atoms with Crippen molar-refractivity contribution >= 4 is 33.1 Å². The van der Waals surface area contributed by atoms with Crippen LogP contribution >= 0.6 is 11.3 Å². The van der Waals surface area contributed by atoms with Crippen LogP contribution in [0.25, 0.3) is 22.2 Å². The molecule has 0 spiro atoms. The van der Waals surface area contributed by atoms with Crippen LogP contribution in [-0.4, -0.2) is 20.4 Å². The van der Waals surface area contributed by atoms with Crippen LogP contribution in [0.5, 0.6) is 0 Å². The van der Waals surface area contributed by atoms with Crippen molar-refractivity contribution in [1.29, 1.82) is 0 Å². The van der Waals surface area contributed by atoms with Crippen LogP contribution in [0.15, 0.2) is 65.0 Å². The highest BCUT2D eigenvalue weighted by Crippen LogP contribution is 2.24. The number of benzene rings is 1. The number of carbonyl (C=O) groups excluding carboxylic acids is 1. The van der Waals surface area contributed by atoms with Crippen molar-refractivity contribution in [2.75, 3.05) is 5.32 Å². The van der Waals surface area contributed by atoms with E-state index in [1.165, 1.54) is 11.3 Å². The highest BCUT2D eigenvalue weighted by atomic mass is 32.1. The van der Waals surface area contributed by atoms with Gasteiger partial charge in [-0.05, 0) is 32.0 Å². The molecule has 0 bridgehead atoms. The quantitative estimate of drug-likeness (QED) is 0.562. The van der Waals surface area contributed by atoms with Crippen molar-refractivity contribution in [2.45, 2.75) is 19.9 Å². The molecule has 1 N–H and O–H groups in total. The molecule has 0 radical (unpaired) electrons. The molecular formula is C21H18N4O2S. The van der Waals surface area contributed by atoms with Crippen molar-refractivity contribution in [2.24, 2.45) is 0 Å². The Morgan fingerprint density at radius 3 is 2.54 bits per heavy atom. The number of aromatic nitrogens is 3. The van der Waals surface area contributed by atoms with Gasteiger partial charge >= 0.3 is 0 Å². The van der Waals surface area contributed by atoms with Crippen molar-refractivity contribution in [3.63, 3.8) is 0 Å². The Bertz CT molecular complexity index is 1210. The Morgan fingerprint density at radius 2 is 1.82 bits per heavy atom. The molecule has 7 heteroatoms. The molecule has 0 fully saturated rings. The van der Waals surface area contributed by atoms with E-state index in [0.717, 1.165) is 5.69 Å². The number of carbonyl (C=O) groups is 1. The lowest BCUT2D eigenvalue weighted by Crippen LogP contribution is -2.25. The fourth-order valence-electron chi connectivity index (χ4n) is 3.00. The van der Waals surface area contributed by atoms with Crippen LogP contribution in [0, 0.1) is 0 Å². The molecule has 3 aromatic heterocycles. The fourth-order valence-corrected chi connectivity index (χ4v) is 3.70. The third-order valence-corrected chi connectivity index (χ3v) is 5.16. The van der Waals surface area contributed by atoms with Crippen LogP contribution < -0.4 is 10.9 Å². The third kappa shape index (κ3) is 3.32. The average molecular weight is 390 g/mol. The topological polar surface area (TPSA) is 76.9 Å². The average Bonchev–Trinajstić information content (AvgIpc) is 3.17. The highest BCUT2D eigenvalue weighted by molar-refractivity contribution is 7.14. The molecule has 0 saturated heterocycles. The van der Waals surface area contributed by atoms with Gasteiger partial charge in [0, 0.05) is 34.6 Å². The van der Waals surface area contributed by atoms with Gasteiger partial charge in [0.25, 0.3) is 11.5 Å². The molecule has 0 unspecified atom stereocenters. The van der Waals surface area contributed by atoms with Crippen molar-refractivity contribution < 1.29 is 4.79 Å². The van der Waals surface area contributed by atoms with Crippen LogP contribution in [0.2, 0.25) is 0 Å². The molecule has 6 nitrogen and oxygen atoms in total. The van der Waals surface area contributed by atoms with Gasteiger partial charge in [-0.1, -0.05) is 24.3 Å². The molecule has 0 aliphatic heterocycles. The molecule has 1 amide bonds. The van der Waals surface area contributed by atoms with Crippen LogP contribution in [0.1, 0.15) is 30.2 Å². The van der Waals surface area contributed by atoms with E-state index < -0.39 is 0 Å². The zero-order chi connectivity index (χ0) is 19.7. The standard InChI is InChI=1S/C21H18N4O2S/c1-13(2)25-11-16(14-7-3-4-8-15(14)20(25)27)19(26)24-21-23-18(12-28-21)17-9-5-6-10-22-17/h3-13H,1-2H3,(H,23,24,26). The van der Waals surface area contributed by atoms with E-state index in [1.807, 2.05) is 43.5 Å². The van der Waals surface area contributed by atoms with E-state index in [9.17, 15) is 9.59 Å². The van der Waals surface area contributed by atoms with Crippen LogP contribution in [-0.2, 0) is 0 Å². The number of rotatable bonds is 4. The van der Waals surface area contributed by atoms with E-state index in [4.69, 9.17) is 0 Å². The summed E-state index contributed by atoms with van der Waals surface area (Å²) in [5, 5.41) is 6.34. The largest absolute Gasteiger partial charge is 0.312 e. The number of hydrogen-bond acceptors (Lipinski definition) is 5. The van der Waals surface area contributed by atoms with E-state index in [2.05, 4.69) is 15.3 Å². The van der Waals surface area contributed by atoms with Gasteiger partial charge in [-0.15, -0.1) is 11.3 Å². The summed E-state index contributed by atoms with van der Waals surface area (Å²) < 4.78 is 1.58. The Kier molecular flexibility index (Phi) is 4.75. The van der Waals surface area contributed by atoms with Gasteiger partial charge in [0.15, 0.2) is 5.13 Å². The predicted octanol–water partition coefficient (Wildman–Crippen LogP) is 4.35.